The summed E-state index contributed by atoms with van der Waals surface area (Å²) in [7, 11) is 3.37. The molecule has 0 spiro atoms. The van der Waals surface area contributed by atoms with Gasteiger partial charge >= 0.3 is 6.18 Å². The van der Waals surface area contributed by atoms with E-state index in [1.165, 1.54) is 11.0 Å². The smallest absolute Gasteiger partial charge is 0.320 e. The number of hydrogen-bond acceptors (Lipinski definition) is 3. The number of hydrogen-bond donors (Lipinski definition) is 1. The standard InChI is InChI=1S/C9H16F3N3/c1-14-4-3-5-15(2)7-8(6-13)9(10,11)12/h8,14H,3-5,7H2,1-2H3. The third-order valence-electron chi connectivity index (χ3n) is 2.01. The lowest BCUT2D eigenvalue weighted by Gasteiger charge is -2.21. The van der Waals surface area contributed by atoms with E-state index < -0.39 is 12.1 Å². The second-order valence-corrected chi connectivity index (χ2v) is 3.44. The lowest BCUT2D eigenvalue weighted by Crippen LogP contribution is -2.35. The Morgan fingerprint density at radius 2 is 2.07 bits per heavy atom. The second-order valence-electron chi connectivity index (χ2n) is 3.44. The number of rotatable bonds is 6. The van der Waals surface area contributed by atoms with Crippen molar-refractivity contribution in [2.45, 2.75) is 12.6 Å². The minimum absolute atomic E-state index is 0.260. The summed E-state index contributed by atoms with van der Waals surface area (Å²) >= 11 is 0. The Bertz CT molecular complexity index is 210. The number of nitrogens with one attached hydrogen (secondary N) is 1. The van der Waals surface area contributed by atoms with Crippen LogP contribution in [0.5, 0.6) is 0 Å². The fourth-order valence-corrected chi connectivity index (χ4v) is 1.15. The van der Waals surface area contributed by atoms with Crippen molar-refractivity contribution in [1.29, 1.82) is 5.26 Å². The molecule has 0 heterocycles. The van der Waals surface area contributed by atoms with Gasteiger partial charge in [-0.15, -0.1) is 0 Å². The quantitative estimate of drug-likeness (QED) is 0.688. The zero-order chi connectivity index (χ0) is 11.9. The highest BCUT2D eigenvalue weighted by atomic mass is 19.4. The molecule has 0 amide bonds. The second kappa shape index (κ2) is 6.64. The number of nitriles is 1. The molecule has 0 aliphatic heterocycles. The van der Waals surface area contributed by atoms with Crippen LogP contribution in [-0.4, -0.2) is 44.8 Å². The maximum atomic E-state index is 12.2. The summed E-state index contributed by atoms with van der Waals surface area (Å²) in [6, 6.07) is 1.28. The molecule has 1 atom stereocenters. The fourth-order valence-electron chi connectivity index (χ4n) is 1.15. The highest BCUT2D eigenvalue weighted by molar-refractivity contribution is 4.90. The lowest BCUT2D eigenvalue weighted by atomic mass is 10.1. The highest BCUT2D eigenvalue weighted by Crippen LogP contribution is 2.25. The fraction of sp³-hybridized carbons (Fsp3) is 0.889. The van der Waals surface area contributed by atoms with Gasteiger partial charge in [0.1, 0.15) is 0 Å². The Morgan fingerprint density at radius 1 is 1.47 bits per heavy atom. The van der Waals surface area contributed by atoms with Crippen LogP contribution in [0.2, 0.25) is 0 Å². The summed E-state index contributed by atoms with van der Waals surface area (Å²) in [4.78, 5) is 1.53. The van der Waals surface area contributed by atoms with Crippen LogP contribution in [0.4, 0.5) is 13.2 Å². The molecule has 0 radical (unpaired) electrons. The van der Waals surface area contributed by atoms with E-state index in [2.05, 4.69) is 5.32 Å². The van der Waals surface area contributed by atoms with Crippen molar-refractivity contribution in [3.63, 3.8) is 0 Å². The van der Waals surface area contributed by atoms with Crippen LogP contribution in [0, 0.1) is 17.2 Å². The Kier molecular flexibility index (Phi) is 6.29. The van der Waals surface area contributed by atoms with Gasteiger partial charge in [-0.2, -0.15) is 18.4 Å². The van der Waals surface area contributed by atoms with Gasteiger partial charge in [-0.05, 0) is 33.6 Å². The monoisotopic (exact) mass is 223 g/mol. The van der Waals surface area contributed by atoms with Crippen molar-refractivity contribution in [1.82, 2.24) is 10.2 Å². The number of alkyl halides is 3. The summed E-state index contributed by atoms with van der Waals surface area (Å²) in [6.07, 6.45) is -3.66. The van der Waals surface area contributed by atoms with E-state index >= 15 is 0 Å². The summed E-state index contributed by atoms with van der Waals surface area (Å²) in [5.41, 5.74) is 0. The first-order valence-electron chi connectivity index (χ1n) is 4.71. The molecule has 0 saturated carbocycles. The molecule has 1 N–H and O–H groups in total. The Hall–Kier alpha value is -0.800. The first kappa shape index (κ1) is 14.2. The summed E-state index contributed by atoms with van der Waals surface area (Å²) in [6.45, 7) is 1.05. The largest absolute Gasteiger partial charge is 0.405 e. The van der Waals surface area contributed by atoms with Crippen molar-refractivity contribution < 1.29 is 13.2 Å². The third kappa shape index (κ3) is 6.31. The van der Waals surface area contributed by atoms with Crippen LogP contribution in [0.3, 0.4) is 0 Å². The Balaban J connectivity index is 3.93. The van der Waals surface area contributed by atoms with Gasteiger partial charge in [-0.3, -0.25) is 0 Å². The average Bonchev–Trinajstić information content (AvgIpc) is 2.12. The van der Waals surface area contributed by atoms with Crippen LogP contribution >= 0.6 is 0 Å². The van der Waals surface area contributed by atoms with Gasteiger partial charge in [-0.1, -0.05) is 0 Å². The van der Waals surface area contributed by atoms with Gasteiger partial charge in [0, 0.05) is 6.54 Å². The van der Waals surface area contributed by atoms with Crippen LogP contribution in [0.25, 0.3) is 0 Å². The number of halogens is 3. The molecular weight excluding hydrogens is 207 g/mol. The predicted octanol–water partition coefficient (Wildman–Crippen LogP) is 1.23. The maximum Gasteiger partial charge on any atom is 0.405 e. The van der Waals surface area contributed by atoms with Gasteiger partial charge < -0.3 is 10.2 Å². The molecule has 0 bridgehead atoms. The maximum absolute atomic E-state index is 12.2. The minimum atomic E-state index is -4.42. The topological polar surface area (TPSA) is 39.1 Å². The molecule has 0 aliphatic carbocycles. The van der Waals surface area contributed by atoms with Crippen molar-refractivity contribution in [2.24, 2.45) is 5.92 Å². The SMILES string of the molecule is CNCCCN(C)CC(C#N)C(F)(F)F. The number of nitrogens with zero attached hydrogens (tertiary/aromatic N) is 2. The van der Waals surface area contributed by atoms with Crippen LogP contribution in [-0.2, 0) is 0 Å². The van der Waals surface area contributed by atoms with Crippen molar-refractivity contribution in [3.05, 3.63) is 0 Å². The Labute approximate surface area is 87.9 Å². The zero-order valence-electron chi connectivity index (χ0n) is 8.93. The average molecular weight is 223 g/mol. The summed E-state index contributed by atoms with van der Waals surface area (Å²) in [5, 5.41) is 11.3. The predicted molar refractivity (Wildman–Crippen MR) is 51.2 cm³/mol. The third-order valence-corrected chi connectivity index (χ3v) is 2.01. The molecule has 0 fully saturated rings. The van der Waals surface area contributed by atoms with E-state index in [1.807, 2.05) is 0 Å². The molecule has 0 saturated heterocycles. The van der Waals surface area contributed by atoms with Crippen molar-refractivity contribution >= 4 is 0 Å². The first-order valence-corrected chi connectivity index (χ1v) is 4.71. The van der Waals surface area contributed by atoms with Gasteiger partial charge in [-0.25, -0.2) is 0 Å². The van der Waals surface area contributed by atoms with Crippen LogP contribution < -0.4 is 5.32 Å². The normalized spacial score (nSPS) is 13.9. The molecule has 1 unspecified atom stereocenters. The molecule has 0 aromatic rings. The lowest BCUT2D eigenvalue weighted by molar-refractivity contribution is -0.162. The summed E-state index contributed by atoms with van der Waals surface area (Å²) < 4.78 is 36.6. The van der Waals surface area contributed by atoms with E-state index in [1.54, 1.807) is 14.1 Å². The van der Waals surface area contributed by atoms with Crippen molar-refractivity contribution in [3.8, 4) is 6.07 Å². The molecule has 3 nitrogen and oxygen atoms in total. The molecule has 0 aromatic carbocycles. The molecule has 0 aliphatic rings. The van der Waals surface area contributed by atoms with Gasteiger partial charge in [0.2, 0.25) is 0 Å². The Morgan fingerprint density at radius 3 is 2.47 bits per heavy atom. The summed E-state index contributed by atoms with van der Waals surface area (Å²) in [5.74, 6) is -1.89. The van der Waals surface area contributed by atoms with E-state index in [-0.39, 0.29) is 6.54 Å². The van der Waals surface area contributed by atoms with Crippen molar-refractivity contribution in [2.75, 3.05) is 33.7 Å². The van der Waals surface area contributed by atoms with E-state index in [4.69, 9.17) is 5.26 Å². The van der Waals surface area contributed by atoms with E-state index in [9.17, 15) is 13.2 Å². The highest BCUT2D eigenvalue weighted by Gasteiger charge is 2.40. The zero-order valence-corrected chi connectivity index (χ0v) is 8.93. The molecule has 6 heteroatoms. The van der Waals surface area contributed by atoms with Gasteiger partial charge in [0.15, 0.2) is 5.92 Å². The van der Waals surface area contributed by atoms with Gasteiger partial charge in [0.25, 0.3) is 0 Å². The van der Waals surface area contributed by atoms with E-state index in [0.717, 1.165) is 13.0 Å². The molecule has 88 valence electrons. The van der Waals surface area contributed by atoms with Gasteiger partial charge in [0.05, 0.1) is 6.07 Å². The first-order chi connectivity index (χ1) is 6.91. The van der Waals surface area contributed by atoms with Crippen LogP contribution in [0.15, 0.2) is 0 Å². The van der Waals surface area contributed by atoms with E-state index in [0.29, 0.717) is 6.54 Å². The molecule has 0 aromatic heterocycles. The molecule has 0 rings (SSSR count). The molecular formula is C9H16F3N3. The molecule has 15 heavy (non-hydrogen) atoms. The minimum Gasteiger partial charge on any atom is -0.320 e. The van der Waals surface area contributed by atoms with Crippen LogP contribution in [0.1, 0.15) is 6.42 Å².